The molecule has 2 rings (SSSR count). The molecule has 1 saturated heterocycles. The number of amides is 2. The van der Waals surface area contributed by atoms with E-state index in [0.717, 1.165) is 6.26 Å². The molecule has 124 valence electrons. The highest BCUT2D eigenvalue weighted by Gasteiger charge is 2.26. The van der Waals surface area contributed by atoms with Crippen molar-refractivity contribution in [1.29, 1.82) is 0 Å². The van der Waals surface area contributed by atoms with Gasteiger partial charge in [-0.25, -0.2) is 17.9 Å². The molecule has 1 fully saturated rings. The number of rotatable bonds is 4. The van der Waals surface area contributed by atoms with Crippen molar-refractivity contribution in [2.45, 2.75) is 31.8 Å². The summed E-state index contributed by atoms with van der Waals surface area (Å²) in [5, 5.41) is 10.6. The average Bonchev–Trinajstić information content (AvgIpc) is 2.84. The SMILES string of the molecule is C[C@H](NC(=O)N1CCC(NS(C)(=O)=O)CC1)c1nncn1C. The lowest BCUT2D eigenvalue weighted by Crippen LogP contribution is -2.49. The maximum atomic E-state index is 12.2. The van der Waals surface area contributed by atoms with Crippen molar-refractivity contribution in [3.05, 3.63) is 12.2 Å². The van der Waals surface area contributed by atoms with Gasteiger partial charge >= 0.3 is 6.03 Å². The van der Waals surface area contributed by atoms with Gasteiger partial charge in [0.25, 0.3) is 0 Å². The molecule has 1 atom stereocenters. The fourth-order valence-electron chi connectivity index (χ4n) is 2.53. The van der Waals surface area contributed by atoms with Gasteiger partial charge in [-0.1, -0.05) is 0 Å². The van der Waals surface area contributed by atoms with Gasteiger partial charge in [-0.2, -0.15) is 0 Å². The number of sulfonamides is 1. The molecule has 2 heterocycles. The lowest BCUT2D eigenvalue weighted by atomic mass is 10.1. The van der Waals surface area contributed by atoms with Crippen LogP contribution in [0, 0.1) is 0 Å². The molecule has 1 aromatic heterocycles. The minimum Gasteiger partial charge on any atom is -0.328 e. The second-order valence-electron chi connectivity index (χ2n) is 5.62. The fraction of sp³-hybridized carbons (Fsp3) is 0.750. The molecule has 0 spiro atoms. The number of hydrogen-bond donors (Lipinski definition) is 2. The summed E-state index contributed by atoms with van der Waals surface area (Å²) in [6.07, 6.45) is 3.95. The Morgan fingerprint density at radius 1 is 1.41 bits per heavy atom. The van der Waals surface area contributed by atoms with E-state index < -0.39 is 10.0 Å². The quantitative estimate of drug-likeness (QED) is 0.781. The monoisotopic (exact) mass is 330 g/mol. The van der Waals surface area contributed by atoms with Crippen molar-refractivity contribution in [3.63, 3.8) is 0 Å². The number of aromatic nitrogens is 3. The highest BCUT2D eigenvalue weighted by molar-refractivity contribution is 7.88. The third kappa shape index (κ3) is 4.41. The number of carbonyl (C=O) groups excluding carboxylic acids is 1. The fourth-order valence-corrected chi connectivity index (χ4v) is 3.37. The molecule has 10 heteroatoms. The number of piperidine rings is 1. The number of hydrogen-bond acceptors (Lipinski definition) is 5. The molecule has 0 radical (unpaired) electrons. The van der Waals surface area contributed by atoms with E-state index in [9.17, 15) is 13.2 Å². The topological polar surface area (TPSA) is 109 Å². The van der Waals surface area contributed by atoms with E-state index in [1.54, 1.807) is 15.8 Å². The average molecular weight is 330 g/mol. The van der Waals surface area contributed by atoms with E-state index in [1.165, 1.54) is 0 Å². The normalized spacial score (nSPS) is 18.2. The maximum absolute atomic E-state index is 12.2. The molecule has 2 N–H and O–H groups in total. The van der Waals surface area contributed by atoms with Crippen LogP contribution in [-0.2, 0) is 17.1 Å². The van der Waals surface area contributed by atoms with Gasteiger partial charge in [-0.15, -0.1) is 10.2 Å². The van der Waals surface area contributed by atoms with Gasteiger partial charge in [0.2, 0.25) is 10.0 Å². The van der Waals surface area contributed by atoms with Gasteiger partial charge in [0.1, 0.15) is 6.33 Å². The van der Waals surface area contributed by atoms with Crippen molar-refractivity contribution in [2.24, 2.45) is 7.05 Å². The highest BCUT2D eigenvalue weighted by Crippen LogP contribution is 2.13. The first-order valence-corrected chi connectivity index (χ1v) is 9.02. The lowest BCUT2D eigenvalue weighted by Gasteiger charge is -2.32. The van der Waals surface area contributed by atoms with Crippen molar-refractivity contribution in [3.8, 4) is 0 Å². The zero-order valence-electron chi connectivity index (χ0n) is 13.0. The molecule has 0 aromatic carbocycles. The molecule has 1 aliphatic rings. The Hall–Kier alpha value is -1.68. The minimum atomic E-state index is -3.20. The van der Waals surface area contributed by atoms with Crippen LogP contribution in [0.25, 0.3) is 0 Å². The smallest absolute Gasteiger partial charge is 0.317 e. The predicted octanol–water partition coefficient (Wildman–Crippen LogP) is -0.401. The molecule has 22 heavy (non-hydrogen) atoms. The van der Waals surface area contributed by atoms with E-state index >= 15 is 0 Å². The van der Waals surface area contributed by atoms with Gasteiger partial charge < -0.3 is 14.8 Å². The maximum Gasteiger partial charge on any atom is 0.317 e. The van der Waals surface area contributed by atoms with Crippen LogP contribution in [0.4, 0.5) is 4.79 Å². The van der Waals surface area contributed by atoms with Crippen LogP contribution in [-0.4, -0.2) is 59.5 Å². The number of likely N-dealkylation sites (tertiary alicyclic amines) is 1. The molecule has 2 amide bonds. The van der Waals surface area contributed by atoms with Gasteiger partial charge in [0.15, 0.2) is 5.82 Å². The summed E-state index contributed by atoms with van der Waals surface area (Å²) in [5.74, 6) is 0.682. The summed E-state index contributed by atoms with van der Waals surface area (Å²) in [6, 6.07) is -0.518. The van der Waals surface area contributed by atoms with Gasteiger partial charge in [0.05, 0.1) is 12.3 Å². The number of carbonyl (C=O) groups is 1. The predicted molar refractivity (Wildman–Crippen MR) is 80.5 cm³/mol. The molecule has 0 saturated carbocycles. The molecule has 9 nitrogen and oxygen atoms in total. The first-order chi connectivity index (χ1) is 10.3. The van der Waals surface area contributed by atoms with Crippen LogP contribution in [0.2, 0.25) is 0 Å². The summed E-state index contributed by atoms with van der Waals surface area (Å²) in [5.41, 5.74) is 0. The Balaban J connectivity index is 1.84. The van der Waals surface area contributed by atoms with Crippen LogP contribution in [0.3, 0.4) is 0 Å². The Bertz CT molecular complexity index is 621. The van der Waals surface area contributed by atoms with Crippen LogP contribution in [0.5, 0.6) is 0 Å². The number of urea groups is 1. The lowest BCUT2D eigenvalue weighted by molar-refractivity contribution is 0.176. The molecule has 0 bridgehead atoms. The second-order valence-corrected chi connectivity index (χ2v) is 7.40. The Morgan fingerprint density at radius 3 is 2.55 bits per heavy atom. The number of aryl methyl sites for hydroxylation is 1. The second kappa shape index (κ2) is 6.61. The standard InChI is InChI=1S/C12H22N6O3S/c1-9(11-15-13-8-17(11)2)14-12(19)18-6-4-10(5-7-18)16-22(3,20)21/h8-10,16H,4-7H2,1-3H3,(H,14,19)/t9-/m0/s1. The first-order valence-electron chi connectivity index (χ1n) is 7.13. The van der Waals surface area contributed by atoms with Gasteiger partial charge in [-0.05, 0) is 19.8 Å². The third-order valence-electron chi connectivity index (χ3n) is 3.64. The van der Waals surface area contributed by atoms with E-state index in [0.29, 0.717) is 31.8 Å². The van der Waals surface area contributed by atoms with Crippen molar-refractivity contribution < 1.29 is 13.2 Å². The minimum absolute atomic E-state index is 0.102. The largest absolute Gasteiger partial charge is 0.328 e. The third-order valence-corrected chi connectivity index (χ3v) is 4.40. The zero-order valence-corrected chi connectivity index (χ0v) is 13.8. The highest BCUT2D eigenvalue weighted by atomic mass is 32.2. The Labute approximate surface area is 130 Å². The summed E-state index contributed by atoms with van der Waals surface area (Å²) >= 11 is 0. The first kappa shape index (κ1) is 16.7. The molecular weight excluding hydrogens is 308 g/mol. The summed E-state index contributed by atoms with van der Waals surface area (Å²) in [6.45, 7) is 2.88. The number of nitrogens with one attached hydrogen (secondary N) is 2. The molecular formula is C12H22N6O3S. The van der Waals surface area contributed by atoms with E-state index in [-0.39, 0.29) is 18.1 Å². The molecule has 1 aromatic rings. The molecule has 0 aliphatic carbocycles. The summed E-state index contributed by atoms with van der Waals surface area (Å²) < 4.78 is 26.7. The van der Waals surface area contributed by atoms with Crippen molar-refractivity contribution in [2.75, 3.05) is 19.3 Å². The Morgan fingerprint density at radius 2 is 2.05 bits per heavy atom. The van der Waals surface area contributed by atoms with Crippen LogP contribution in [0.15, 0.2) is 6.33 Å². The molecule has 0 unspecified atom stereocenters. The number of nitrogens with zero attached hydrogens (tertiary/aromatic N) is 4. The Kier molecular flexibility index (Phi) is 5.01. The van der Waals surface area contributed by atoms with E-state index in [4.69, 9.17) is 0 Å². The molecule has 1 aliphatic heterocycles. The summed E-state index contributed by atoms with van der Waals surface area (Å²) in [4.78, 5) is 13.9. The zero-order chi connectivity index (χ0) is 16.3. The van der Waals surface area contributed by atoms with E-state index in [1.807, 2.05) is 14.0 Å². The van der Waals surface area contributed by atoms with Gasteiger partial charge in [-0.3, -0.25) is 0 Å². The van der Waals surface area contributed by atoms with Crippen LogP contribution in [0.1, 0.15) is 31.6 Å². The van der Waals surface area contributed by atoms with E-state index in [2.05, 4.69) is 20.2 Å². The van der Waals surface area contributed by atoms with Gasteiger partial charge in [0, 0.05) is 26.2 Å². The van der Waals surface area contributed by atoms with Crippen LogP contribution >= 0.6 is 0 Å². The van der Waals surface area contributed by atoms with Crippen molar-refractivity contribution >= 4 is 16.1 Å². The van der Waals surface area contributed by atoms with Crippen molar-refractivity contribution in [1.82, 2.24) is 29.7 Å². The van der Waals surface area contributed by atoms with Crippen LogP contribution < -0.4 is 10.0 Å². The summed E-state index contributed by atoms with van der Waals surface area (Å²) in [7, 11) is -1.38.